The molecule has 17 heavy (non-hydrogen) atoms. The molecule has 0 amide bonds. The van der Waals surface area contributed by atoms with Crippen LogP contribution in [-0.2, 0) is 22.7 Å². The summed E-state index contributed by atoms with van der Waals surface area (Å²) >= 11 is 0. The normalized spacial score (nSPS) is 13.6. The van der Waals surface area contributed by atoms with Crippen molar-refractivity contribution in [2.75, 3.05) is 12.0 Å². The monoisotopic (exact) mass is 257 g/mol. The summed E-state index contributed by atoms with van der Waals surface area (Å²) < 4.78 is 22.4. The molecule has 0 aliphatic heterocycles. The third kappa shape index (κ3) is 5.25. The zero-order valence-electron chi connectivity index (χ0n) is 10.2. The van der Waals surface area contributed by atoms with Crippen molar-refractivity contribution in [3.63, 3.8) is 0 Å². The quantitative estimate of drug-likeness (QED) is 0.556. The lowest BCUT2D eigenvalue weighted by molar-refractivity contribution is 0.542. The van der Waals surface area contributed by atoms with Gasteiger partial charge >= 0.3 is 0 Å². The molecular weight excluding hydrogens is 238 g/mol. The van der Waals surface area contributed by atoms with Crippen LogP contribution in [0.15, 0.2) is 18.3 Å². The molecule has 0 saturated heterocycles. The third-order valence-electron chi connectivity index (χ3n) is 2.49. The summed E-state index contributed by atoms with van der Waals surface area (Å²) in [5, 5.41) is 0. The first-order chi connectivity index (χ1) is 7.94. The number of sulfone groups is 1. The number of hydrogen-bond acceptors (Lipinski definition) is 5. The molecule has 1 heterocycles. The Morgan fingerprint density at radius 3 is 2.59 bits per heavy atom. The third-order valence-corrected chi connectivity index (χ3v) is 3.50. The standard InChI is InChI=1S/C11H19N3O2S/c1-3-9-4-5-10(13-7-9)6-11(14-12)8-17(2,15)16/h4-5,7,11,14H,3,6,8,12H2,1-2H3. The maximum atomic E-state index is 11.2. The van der Waals surface area contributed by atoms with Crippen molar-refractivity contribution in [2.45, 2.75) is 25.8 Å². The zero-order valence-corrected chi connectivity index (χ0v) is 11.0. The summed E-state index contributed by atoms with van der Waals surface area (Å²) in [6.45, 7) is 2.06. The maximum Gasteiger partial charge on any atom is 0.149 e. The van der Waals surface area contributed by atoms with Crippen LogP contribution in [0, 0.1) is 0 Å². The highest BCUT2D eigenvalue weighted by Gasteiger charge is 2.14. The van der Waals surface area contributed by atoms with E-state index in [0.29, 0.717) is 6.42 Å². The van der Waals surface area contributed by atoms with Gasteiger partial charge in [-0.3, -0.25) is 16.3 Å². The second-order valence-corrected chi connectivity index (χ2v) is 6.36. The molecule has 3 N–H and O–H groups in total. The first kappa shape index (κ1) is 14.1. The van der Waals surface area contributed by atoms with E-state index >= 15 is 0 Å². The van der Waals surface area contributed by atoms with E-state index in [1.807, 2.05) is 18.3 Å². The highest BCUT2D eigenvalue weighted by atomic mass is 32.2. The van der Waals surface area contributed by atoms with Crippen LogP contribution in [0.25, 0.3) is 0 Å². The van der Waals surface area contributed by atoms with Gasteiger partial charge < -0.3 is 0 Å². The predicted octanol–water partition coefficient (Wildman–Crippen LogP) is 0.0630. The second kappa shape index (κ2) is 6.09. The summed E-state index contributed by atoms with van der Waals surface area (Å²) in [7, 11) is -3.04. The van der Waals surface area contributed by atoms with Gasteiger partial charge in [-0.05, 0) is 18.1 Å². The molecule has 0 bridgehead atoms. The first-order valence-corrected chi connectivity index (χ1v) is 7.58. The summed E-state index contributed by atoms with van der Waals surface area (Å²) in [6, 6.07) is 3.60. The van der Waals surface area contributed by atoms with E-state index in [-0.39, 0.29) is 11.8 Å². The fourth-order valence-corrected chi connectivity index (χ4v) is 2.51. The number of pyridine rings is 1. The van der Waals surface area contributed by atoms with E-state index in [4.69, 9.17) is 5.84 Å². The lowest BCUT2D eigenvalue weighted by atomic mass is 10.1. The number of aromatic nitrogens is 1. The Morgan fingerprint density at radius 1 is 1.47 bits per heavy atom. The van der Waals surface area contributed by atoms with Gasteiger partial charge in [-0.25, -0.2) is 8.42 Å². The Kier molecular flexibility index (Phi) is 5.04. The maximum absolute atomic E-state index is 11.2. The fraction of sp³-hybridized carbons (Fsp3) is 0.545. The number of nitrogens with two attached hydrogens (primary N) is 1. The number of rotatable bonds is 6. The Bertz CT molecular complexity index is 442. The van der Waals surface area contributed by atoms with Gasteiger partial charge in [-0.15, -0.1) is 0 Å². The molecule has 6 heteroatoms. The highest BCUT2D eigenvalue weighted by molar-refractivity contribution is 7.90. The van der Waals surface area contributed by atoms with Crippen LogP contribution >= 0.6 is 0 Å². The molecule has 5 nitrogen and oxygen atoms in total. The molecule has 1 aromatic rings. The lowest BCUT2D eigenvalue weighted by Gasteiger charge is -2.14. The van der Waals surface area contributed by atoms with Gasteiger partial charge in [-0.1, -0.05) is 13.0 Å². The highest BCUT2D eigenvalue weighted by Crippen LogP contribution is 2.05. The Labute approximate surface area is 102 Å². The van der Waals surface area contributed by atoms with Crippen molar-refractivity contribution < 1.29 is 8.42 Å². The Morgan fingerprint density at radius 2 is 2.18 bits per heavy atom. The first-order valence-electron chi connectivity index (χ1n) is 5.52. The van der Waals surface area contributed by atoms with E-state index in [2.05, 4.69) is 17.3 Å². The van der Waals surface area contributed by atoms with Crippen molar-refractivity contribution >= 4 is 9.84 Å². The number of aryl methyl sites for hydroxylation is 1. The van der Waals surface area contributed by atoms with E-state index in [1.165, 1.54) is 6.26 Å². The molecule has 1 atom stereocenters. The van der Waals surface area contributed by atoms with Crippen molar-refractivity contribution in [1.82, 2.24) is 10.4 Å². The number of hydrogen-bond donors (Lipinski definition) is 2. The molecule has 0 spiro atoms. The Hall–Kier alpha value is -0.980. The van der Waals surface area contributed by atoms with Crippen molar-refractivity contribution in [2.24, 2.45) is 5.84 Å². The van der Waals surface area contributed by atoms with E-state index in [1.54, 1.807) is 0 Å². The predicted molar refractivity (Wildman–Crippen MR) is 68.1 cm³/mol. The van der Waals surface area contributed by atoms with Gasteiger partial charge in [0.2, 0.25) is 0 Å². The van der Waals surface area contributed by atoms with E-state index in [0.717, 1.165) is 17.7 Å². The SMILES string of the molecule is CCc1ccc(CC(CS(C)(=O)=O)NN)nc1. The molecule has 1 rings (SSSR count). The summed E-state index contributed by atoms with van der Waals surface area (Å²) in [4.78, 5) is 4.28. The van der Waals surface area contributed by atoms with Gasteiger partial charge in [0.05, 0.1) is 5.75 Å². The smallest absolute Gasteiger partial charge is 0.149 e. The summed E-state index contributed by atoms with van der Waals surface area (Å²) in [5.41, 5.74) is 4.52. The molecule has 1 unspecified atom stereocenters. The number of hydrazine groups is 1. The van der Waals surface area contributed by atoms with Crippen LogP contribution in [-0.4, -0.2) is 31.5 Å². The van der Waals surface area contributed by atoms with Crippen LogP contribution in [0.1, 0.15) is 18.2 Å². The number of nitrogens with one attached hydrogen (secondary N) is 1. The van der Waals surface area contributed by atoms with E-state index < -0.39 is 9.84 Å². The molecule has 1 aromatic heterocycles. The topological polar surface area (TPSA) is 85.1 Å². The van der Waals surface area contributed by atoms with Crippen LogP contribution in [0.3, 0.4) is 0 Å². The fourth-order valence-electron chi connectivity index (χ4n) is 1.57. The molecule has 0 aliphatic rings. The molecule has 0 fully saturated rings. The largest absolute Gasteiger partial charge is 0.271 e. The average molecular weight is 257 g/mol. The van der Waals surface area contributed by atoms with Crippen molar-refractivity contribution in [3.05, 3.63) is 29.6 Å². The minimum absolute atomic E-state index is 0.0146. The van der Waals surface area contributed by atoms with Crippen molar-refractivity contribution in [3.8, 4) is 0 Å². The molecular formula is C11H19N3O2S. The average Bonchev–Trinajstić information content (AvgIpc) is 2.27. The van der Waals surface area contributed by atoms with Gasteiger partial charge in [0.15, 0.2) is 0 Å². The van der Waals surface area contributed by atoms with Crippen LogP contribution in [0.2, 0.25) is 0 Å². The zero-order chi connectivity index (χ0) is 12.9. The minimum atomic E-state index is -3.04. The van der Waals surface area contributed by atoms with Crippen LogP contribution in [0.4, 0.5) is 0 Å². The van der Waals surface area contributed by atoms with Crippen LogP contribution < -0.4 is 11.3 Å². The lowest BCUT2D eigenvalue weighted by Crippen LogP contribution is -2.41. The Balaban J connectivity index is 2.67. The van der Waals surface area contributed by atoms with E-state index in [9.17, 15) is 8.42 Å². The van der Waals surface area contributed by atoms with Gasteiger partial charge in [0.1, 0.15) is 9.84 Å². The minimum Gasteiger partial charge on any atom is -0.271 e. The number of nitrogens with zero attached hydrogens (tertiary/aromatic N) is 1. The molecule has 0 aromatic carbocycles. The van der Waals surface area contributed by atoms with Gasteiger partial charge in [-0.2, -0.15) is 0 Å². The van der Waals surface area contributed by atoms with Crippen LogP contribution in [0.5, 0.6) is 0 Å². The van der Waals surface area contributed by atoms with Gasteiger partial charge in [0, 0.05) is 30.6 Å². The summed E-state index contributed by atoms with van der Waals surface area (Å²) in [5.74, 6) is 5.36. The summed E-state index contributed by atoms with van der Waals surface area (Å²) in [6.07, 6.45) is 4.46. The van der Waals surface area contributed by atoms with Crippen molar-refractivity contribution in [1.29, 1.82) is 0 Å². The molecule has 96 valence electrons. The molecule has 0 saturated carbocycles. The van der Waals surface area contributed by atoms with Gasteiger partial charge in [0.25, 0.3) is 0 Å². The second-order valence-electron chi connectivity index (χ2n) is 4.17. The molecule has 0 aliphatic carbocycles. The molecule has 0 radical (unpaired) electrons.